The van der Waals surface area contributed by atoms with Crippen molar-refractivity contribution in [2.24, 2.45) is 0 Å². The molecule has 2 aromatic heterocycles. The molecule has 0 unspecified atom stereocenters. The number of nitrogens with one attached hydrogen (secondary N) is 2. The highest BCUT2D eigenvalue weighted by atomic mass is 19.4. The highest BCUT2D eigenvalue weighted by Gasteiger charge is 2.47. The highest BCUT2D eigenvalue weighted by molar-refractivity contribution is 5.97. The number of nitrogens with zero attached hydrogens (tertiary/aromatic N) is 3. The molecule has 0 aliphatic carbocycles. The first-order valence-electron chi connectivity index (χ1n) is 12.6. The fourth-order valence-electron chi connectivity index (χ4n) is 5.33. The number of likely N-dealkylation sites (tertiary alicyclic amines) is 1. The Balaban J connectivity index is 1.44. The molecule has 2 N–H and O–H groups in total. The summed E-state index contributed by atoms with van der Waals surface area (Å²) in [5.41, 5.74) is -3.81. The monoisotopic (exact) mass is 549 g/mol. The molecule has 1 saturated heterocycles. The molecule has 7 nitrogen and oxygen atoms in total. The molecule has 0 bridgehead atoms. The Morgan fingerprint density at radius 3 is 2.42 bits per heavy atom. The van der Waals surface area contributed by atoms with Gasteiger partial charge in [0.05, 0.1) is 17.4 Å². The van der Waals surface area contributed by atoms with Gasteiger partial charge in [0.25, 0.3) is 11.5 Å². The second kappa shape index (κ2) is 9.30. The second-order valence-electron chi connectivity index (χ2n) is 9.92. The third-order valence-corrected chi connectivity index (χ3v) is 7.37. The Morgan fingerprint density at radius 1 is 1.05 bits per heavy atom. The number of carbonyl (C=O) groups excluding carboxylic acids is 1. The van der Waals surface area contributed by atoms with E-state index >= 15 is 0 Å². The number of likely N-dealkylation sites (N-methyl/N-ethyl adjacent to an activating group) is 1. The number of rotatable bonds is 5. The van der Waals surface area contributed by atoms with Crippen molar-refractivity contribution < 1.29 is 22.4 Å². The molecule has 1 aliphatic rings. The van der Waals surface area contributed by atoms with Crippen LogP contribution in [0.25, 0.3) is 27.5 Å². The summed E-state index contributed by atoms with van der Waals surface area (Å²) in [6.07, 6.45) is -3.77. The molecule has 204 valence electrons. The van der Waals surface area contributed by atoms with Crippen LogP contribution in [0.5, 0.6) is 0 Å². The van der Waals surface area contributed by atoms with Gasteiger partial charge in [-0.2, -0.15) is 18.3 Å². The van der Waals surface area contributed by atoms with Gasteiger partial charge in [0.2, 0.25) is 0 Å². The summed E-state index contributed by atoms with van der Waals surface area (Å²) in [5.74, 6) is -1.55. The minimum absolute atomic E-state index is 0.242. The summed E-state index contributed by atoms with van der Waals surface area (Å²) < 4.78 is 57.4. The van der Waals surface area contributed by atoms with Crippen LogP contribution in [-0.4, -0.2) is 45.0 Å². The van der Waals surface area contributed by atoms with E-state index in [4.69, 9.17) is 0 Å². The van der Waals surface area contributed by atoms with E-state index in [1.807, 2.05) is 42.2 Å². The summed E-state index contributed by atoms with van der Waals surface area (Å²) in [4.78, 5) is 31.0. The fourth-order valence-corrected chi connectivity index (χ4v) is 5.33. The van der Waals surface area contributed by atoms with Gasteiger partial charge in [-0.15, -0.1) is 0 Å². The molecule has 1 fully saturated rings. The van der Waals surface area contributed by atoms with Gasteiger partial charge in [-0.1, -0.05) is 55.5 Å². The predicted octanol–water partition coefficient (Wildman–Crippen LogP) is 4.96. The quantitative estimate of drug-likeness (QED) is 0.304. The zero-order chi connectivity index (χ0) is 28.2. The van der Waals surface area contributed by atoms with Gasteiger partial charge in [0.15, 0.2) is 5.69 Å². The van der Waals surface area contributed by atoms with Crippen LogP contribution in [0.1, 0.15) is 28.5 Å². The Bertz CT molecular complexity index is 1820. The van der Waals surface area contributed by atoms with Crippen LogP contribution >= 0.6 is 0 Å². The topological polar surface area (TPSA) is 82.5 Å². The van der Waals surface area contributed by atoms with Gasteiger partial charge in [-0.3, -0.25) is 14.5 Å². The van der Waals surface area contributed by atoms with Crippen molar-refractivity contribution in [2.75, 3.05) is 19.6 Å². The van der Waals surface area contributed by atoms with Crippen LogP contribution < -0.4 is 10.9 Å². The summed E-state index contributed by atoms with van der Waals surface area (Å²) >= 11 is 0. The number of H-pyrrole nitrogens is 1. The van der Waals surface area contributed by atoms with Crippen LogP contribution in [0.15, 0.2) is 77.7 Å². The number of alkyl halides is 3. The first-order valence-corrected chi connectivity index (χ1v) is 12.6. The van der Waals surface area contributed by atoms with E-state index in [0.29, 0.717) is 30.8 Å². The Kier molecular flexibility index (Phi) is 5.99. The fraction of sp³-hybridized carbons (Fsp3) is 0.207. The Morgan fingerprint density at radius 2 is 1.75 bits per heavy atom. The smallest absolute Gasteiger partial charge is 0.338 e. The van der Waals surface area contributed by atoms with Crippen LogP contribution in [0.3, 0.4) is 0 Å². The number of hydrogen-bond donors (Lipinski definition) is 2. The molecule has 0 spiro atoms. The first kappa shape index (κ1) is 25.8. The van der Waals surface area contributed by atoms with Crippen molar-refractivity contribution in [2.45, 2.75) is 18.6 Å². The van der Waals surface area contributed by atoms with Gasteiger partial charge < -0.3 is 10.3 Å². The standard InChI is InChI=1S/C29H23F4N5O2/c1-2-37-15-28(16-37,20-9-11-21(30)12-10-20)35-26(39)24-23(29(31,32)33)25-27(40)34-22(14-38(25)36-24)19-8-7-17-5-3-4-6-18(17)13-19/h3-14H,2,15-16H2,1H3,(H,34,40)(H,35,39). The zero-order valence-electron chi connectivity index (χ0n) is 21.2. The van der Waals surface area contributed by atoms with Gasteiger partial charge in [-0.25, -0.2) is 8.91 Å². The molecule has 0 radical (unpaired) electrons. The van der Waals surface area contributed by atoms with Crippen molar-refractivity contribution in [1.29, 1.82) is 0 Å². The molecule has 0 saturated carbocycles. The number of halogens is 4. The summed E-state index contributed by atoms with van der Waals surface area (Å²) in [7, 11) is 0. The maximum absolute atomic E-state index is 14.3. The number of aromatic nitrogens is 3. The van der Waals surface area contributed by atoms with E-state index in [-0.39, 0.29) is 5.69 Å². The molecule has 40 heavy (non-hydrogen) atoms. The lowest BCUT2D eigenvalue weighted by molar-refractivity contribution is -0.136. The molecule has 3 aromatic carbocycles. The first-order chi connectivity index (χ1) is 19.1. The maximum Gasteiger partial charge on any atom is 0.421 e. The van der Waals surface area contributed by atoms with Crippen molar-refractivity contribution in [3.8, 4) is 11.3 Å². The average Bonchev–Trinajstić information content (AvgIpc) is 3.32. The number of amides is 1. The van der Waals surface area contributed by atoms with E-state index in [2.05, 4.69) is 15.4 Å². The van der Waals surface area contributed by atoms with E-state index in [0.717, 1.165) is 15.3 Å². The normalized spacial score (nSPS) is 15.3. The number of benzene rings is 3. The molecule has 1 aliphatic heterocycles. The number of fused-ring (bicyclic) bond motifs is 2. The van der Waals surface area contributed by atoms with Crippen LogP contribution in [0, 0.1) is 5.82 Å². The maximum atomic E-state index is 14.3. The van der Waals surface area contributed by atoms with Crippen molar-refractivity contribution in [3.63, 3.8) is 0 Å². The largest absolute Gasteiger partial charge is 0.421 e. The molecule has 3 heterocycles. The lowest BCUT2D eigenvalue weighted by Gasteiger charge is -2.50. The van der Waals surface area contributed by atoms with Gasteiger partial charge in [0, 0.05) is 18.7 Å². The molecule has 1 amide bonds. The van der Waals surface area contributed by atoms with E-state index in [1.54, 1.807) is 12.1 Å². The number of carbonyl (C=O) groups is 1. The third-order valence-electron chi connectivity index (χ3n) is 7.37. The third kappa shape index (κ3) is 4.32. The lowest BCUT2D eigenvalue weighted by atomic mass is 9.82. The molecule has 11 heteroatoms. The van der Waals surface area contributed by atoms with Crippen molar-refractivity contribution >= 4 is 22.2 Å². The molecule has 0 atom stereocenters. The SMILES string of the molecule is CCN1CC(NC(=O)c2nn3cc(-c4ccc5ccccc5c4)[nH]c(=O)c3c2C(F)(F)F)(c2ccc(F)cc2)C1. The van der Waals surface area contributed by atoms with Crippen LogP contribution in [0.4, 0.5) is 17.6 Å². The highest BCUT2D eigenvalue weighted by Crippen LogP contribution is 2.37. The molecular formula is C29H23F4N5O2. The van der Waals surface area contributed by atoms with Crippen molar-refractivity contribution in [3.05, 3.63) is 106 Å². The minimum atomic E-state index is -5.04. The number of aromatic amines is 1. The van der Waals surface area contributed by atoms with E-state index in [1.165, 1.54) is 30.5 Å². The Labute approximate surface area is 225 Å². The van der Waals surface area contributed by atoms with E-state index in [9.17, 15) is 27.2 Å². The van der Waals surface area contributed by atoms with Gasteiger partial charge in [0.1, 0.15) is 16.9 Å². The summed E-state index contributed by atoms with van der Waals surface area (Å²) in [5, 5.41) is 8.52. The van der Waals surface area contributed by atoms with Crippen LogP contribution in [0.2, 0.25) is 0 Å². The predicted molar refractivity (Wildman–Crippen MR) is 141 cm³/mol. The molecule has 6 rings (SSSR count). The van der Waals surface area contributed by atoms with Gasteiger partial charge >= 0.3 is 6.18 Å². The van der Waals surface area contributed by atoms with Crippen molar-refractivity contribution in [1.82, 2.24) is 24.8 Å². The van der Waals surface area contributed by atoms with Gasteiger partial charge in [-0.05, 0) is 41.1 Å². The minimum Gasteiger partial charge on any atom is -0.338 e. The molecule has 5 aromatic rings. The van der Waals surface area contributed by atoms with Crippen LogP contribution in [-0.2, 0) is 11.7 Å². The summed E-state index contributed by atoms with van der Waals surface area (Å²) in [6.45, 7) is 3.22. The Hall–Kier alpha value is -4.51. The summed E-state index contributed by atoms with van der Waals surface area (Å²) in [6, 6.07) is 18.4. The molecular weight excluding hydrogens is 526 g/mol. The van der Waals surface area contributed by atoms with E-state index < -0.39 is 45.8 Å². The second-order valence-corrected chi connectivity index (χ2v) is 9.92. The lowest BCUT2D eigenvalue weighted by Crippen LogP contribution is -2.67. The number of hydrogen-bond acceptors (Lipinski definition) is 4. The zero-order valence-corrected chi connectivity index (χ0v) is 21.2. The average molecular weight is 550 g/mol.